The number of nitrogens with zero attached hydrogens (tertiary/aromatic N) is 5. The van der Waals surface area contributed by atoms with Gasteiger partial charge in [0.15, 0.2) is 11.6 Å². The lowest BCUT2D eigenvalue weighted by Gasteiger charge is -2.32. The van der Waals surface area contributed by atoms with Crippen molar-refractivity contribution >= 4 is 0 Å². The third kappa shape index (κ3) is 3.46. The number of aryl methyl sites for hydroxylation is 2. The van der Waals surface area contributed by atoms with Gasteiger partial charge in [-0.3, -0.25) is 4.90 Å². The standard InChI is InChI=1S/C18H21N5O2/c1-12-6-8-14(9-7-12)17-20-16(22-24-17)11-23-10-4-3-5-15(23)18-19-13(2)21-25-18/h6-9,15H,3-5,10-11H2,1-2H3/t15-/m1/s1. The molecule has 1 atom stereocenters. The molecule has 1 saturated heterocycles. The van der Waals surface area contributed by atoms with Crippen molar-refractivity contribution in [3.63, 3.8) is 0 Å². The average Bonchev–Trinajstić information content (AvgIpc) is 3.25. The summed E-state index contributed by atoms with van der Waals surface area (Å²) in [5.41, 5.74) is 2.14. The molecule has 1 aliphatic rings. The molecule has 0 bridgehead atoms. The van der Waals surface area contributed by atoms with E-state index in [1.165, 1.54) is 5.56 Å². The third-order valence-electron chi connectivity index (χ3n) is 4.55. The Hall–Kier alpha value is -2.54. The van der Waals surface area contributed by atoms with Crippen molar-refractivity contribution < 1.29 is 9.05 Å². The molecule has 2 aromatic heterocycles. The van der Waals surface area contributed by atoms with Crippen LogP contribution >= 0.6 is 0 Å². The first kappa shape index (κ1) is 16.0. The topological polar surface area (TPSA) is 81.1 Å². The molecule has 3 heterocycles. The highest BCUT2D eigenvalue weighted by Crippen LogP contribution is 2.31. The van der Waals surface area contributed by atoms with Gasteiger partial charge in [0, 0.05) is 5.56 Å². The van der Waals surface area contributed by atoms with Crippen molar-refractivity contribution in [2.75, 3.05) is 6.54 Å². The van der Waals surface area contributed by atoms with Crippen molar-refractivity contribution in [3.8, 4) is 11.5 Å². The SMILES string of the molecule is Cc1ccc(-c2nc(CN3CCCC[C@@H]3c3nc(C)no3)no2)cc1. The summed E-state index contributed by atoms with van der Waals surface area (Å²) in [7, 11) is 0. The number of rotatable bonds is 4. The Labute approximate surface area is 146 Å². The molecule has 0 aliphatic carbocycles. The monoisotopic (exact) mass is 339 g/mol. The molecule has 1 aliphatic heterocycles. The molecule has 0 spiro atoms. The molecule has 25 heavy (non-hydrogen) atoms. The second-order valence-electron chi connectivity index (χ2n) is 6.54. The van der Waals surface area contributed by atoms with Crippen molar-refractivity contribution in [1.29, 1.82) is 0 Å². The minimum Gasteiger partial charge on any atom is -0.338 e. The van der Waals surface area contributed by atoms with Gasteiger partial charge in [-0.2, -0.15) is 9.97 Å². The Bertz CT molecular complexity index is 839. The van der Waals surface area contributed by atoms with E-state index in [9.17, 15) is 0 Å². The van der Waals surface area contributed by atoms with Crippen molar-refractivity contribution in [2.45, 2.75) is 45.7 Å². The Kier molecular flexibility index (Phi) is 4.31. The van der Waals surface area contributed by atoms with Crippen LogP contribution in [0.5, 0.6) is 0 Å². The van der Waals surface area contributed by atoms with E-state index in [2.05, 4.69) is 32.1 Å². The largest absolute Gasteiger partial charge is 0.338 e. The fourth-order valence-corrected chi connectivity index (χ4v) is 3.22. The van der Waals surface area contributed by atoms with Crippen LogP contribution in [0.15, 0.2) is 33.3 Å². The summed E-state index contributed by atoms with van der Waals surface area (Å²) in [6.07, 6.45) is 3.31. The van der Waals surface area contributed by atoms with Crippen LogP contribution in [0.4, 0.5) is 0 Å². The molecule has 1 aromatic carbocycles. The third-order valence-corrected chi connectivity index (χ3v) is 4.55. The maximum atomic E-state index is 5.44. The summed E-state index contributed by atoms with van der Waals surface area (Å²) in [6.45, 7) is 5.47. The first-order valence-electron chi connectivity index (χ1n) is 8.63. The minimum atomic E-state index is 0.122. The highest BCUT2D eigenvalue weighted by molar-refractivity contribution is 5.53. The van der Waals surface area contributed by atoms with Crippen LogP contribution in [0.25, 0.3) is 11.5 Å². The molecule has 3 aromatic rings. The number of hydrogen-bond acceptors (Lipinski definition) is 7. The van der Waals surface area contributed by atoms with Gasteiger partial charge in [0.1, 0.15) is 0 Å². The van der Waals surface area contributed by atoms with Crippen LogP contribution in [0.3, 0.4) is 0 Å². The van der Waals surface area contributed by atoms with Crippen LogP contribution in [-0.4, -0.2) is 31.7 Å². The van der Waals surface area contributed by atoms with E-state index in [0.717, 1.165) is 31.4 Å². The number of piperidine rings is 1. The Morgan fingerprint density at radius 2 is 1.88 bits per heavy atom. The van der Waals surface area contributed by atoms with Gasteiger partial charge in [0.2, 0.25) is 5.89 Å². The molecule has 1 fully saturated rings. The zero-order valence-electron chi connectivity index (χ0n) is 14.5. The van der Waals surface area contributed by atoms with E-state index in [-0.39, 0.29) is 6.04 Å². The quantitative estimate of drug-likeness (QED) is 0.720. The van der Waals surface area contributed by atoms with Gasteiger partial charge in [0.05, 0.1) is 12.6 Å². The lowest BCUT2D eigenvalue weighted by Crippen LogP contribution is -2.33. The minimum absolute atomic E-state index is 0.122. The van der Waals surface area contributed by atoms with Gasteiger partial charge in [-0.05, 0) is 45.4 Å². The van der Waals surface area contributed by atoms with Gasteiger partial charge in [-0.15, -0.1) is 0 Å². The Morgan fingerprint density at radius 3 is 2.64 bits per heavy atom. The van der Waals surface area contributed by atoms with E-state index >= 15 is 0 Å². The van der Waals surface area contributed by atoms with Gasteiger partial charge in [0.25, 0.3) is 5.89 Å². The normalized spacial score (nSPS) is 18.6. The summed E-state index contributed by atoms with van der Waals surface area (Å²) in [5.74, 6) is 2.58. The molecule has 0 N–H and O–H groups in total. The Balaban J connectivity index is 1.51. The summed E-state index contributed by atoms with van der Waals surface area (Å²) in [5, 5.41) is 8.07. The molecule has 7 nitrogen and oxygen atoms in total. The summed E-state index contributed by atoms with van der Waals surface area (Å²) in [6, 6.07) is 8.20. The van der Waals surface area contributed by atoms with E-state index in [1.54, 1.807) is 0 Å². The van der Waals surface area contributed by atoms with Gasteiger partial charge < -0.3 is 9.05 Å². The Morgan fingerprint density at radius 1 is 1.04 bits per heavy atom. The van der Waals surface area contributed by atoms with Crippen LogP contribution < -0.4 is 0 Å². The van der Waals surface area contributed by atoms with Crippen LogP contribution in [0, 0.1) is 13.8 Å². The van der Waals surface area contributed by atoms with Gasteiger partial charge in [-0.25, -0.2) is 0 Å². The maximum absolute atomic E-state index is 5.44. The summed E-state index contributed by atoms with van der Waals surface area (Å²) in [4.78, 5) is 11.2. The number of likely N-dealkylation sites (tertiary alicyclic amines) is 1. The van der Waals surface area contributed by atoms with Gasteiger partial charge >= 0.3 is 0 Å². The molecule has 4 rings (SSSR count). The fourth-order valence-electron chi connectivity index (χ4n) is 3.22. The first-order valence-corrected chi connectivity index (χ1v) is 8.63. The smallest absolute Gasteiger partial charge is 0.257 e. The van der Waals surface area contributed by atoms with Crippen molar-refractivity contribution in [1.82, 2.24) is 25.2 Å². The second kappa shape index (κ2) is 6.76. The lowest BCUT2D eigenvalue weighted by molar-refractivity contribution is 0.107. The highest BCUT2D eigenvalue weighted by atomic mass is 16.5. The maximum Gasteiger partial charge on any atom is 0.257 e. The molecule has 0 amide bonds. The van der Waals surface area contributed by atoms with E-state index < -0.39 is 0 Å². The van der Waals surface area contributed by atoms with Crippen LogP contribution in [0.2, 0.25) is 0 Å². The second-order valence-corrected chi connectivity index (χ2v) is 6.54. The fraction of sp³-hybridized carbons (Fsp3) is 0.444. The lowest BCUT2D eigenvalue weighted by atomic mass is 10.0. The average molecular weight is 339 g/mol. The highest BCUT2D eigenvalue weighted by Gasteiger charge is 2.29. The summed E-state index contributed by atoms with van der Waals surface area (Å²) >= 11 is 0. The first-order chi connectivity index (χ1) is 12.2. The van der Waals surface area contributed by atoms with Gasteiger partial charge in [-0.1, -0.05) is 34.4 Å². The van der Waals surface area contributed by atoms with Crippen LogP contribution in [-0.2, 0) is 6.54 Å². The number of hydrogen-bond donors (Lipinski definition) is 0. The van der Waals surface area contributed by atoms with E-state index in [4.69, 9.17) is 9.05 Å². The van der Waals surface area contributed by atoms with Crippen molar-refractivity contribution in [2.24, 2.45) is 0 Å². The molecule has 0 radical (unpaired) electrons. The number of benzene rings is 1. The predicted molar refractivity (Wildman–Crippen MR) is 90.5 cm³/mol. The van der Waals surface area contributed by atoms with E-state index in [0.29, 0.717) is 30.0 Å². The zero-order chi connectivity index (χ0) is 17.2. The van der Waals surface area contributed by atoms with Crippen LogP contribution in [0.1, 0.15) is 48.4 Å². The summed E-state index contributed by atoms with van der Waals surface area (Å²) < 4.78 is 10.8. The molecule has 0 saturated carbocycles. The predicted octanol–water partition coefficient (Wildman–Crippen LogP) is 3.46. The molecule has 7 heteroatoms. The zero-order valence-corrected chi connectivity index (χ0v) is 14.5. The molecule has 0 unspecified atom stereocenters. The molecular weight excluding hydrogens is 318 g/mol. The van der Waals surface area contributed by atoms with E-state index in [1.807, 2.05) is 31.2 Å². The molecular formula is C18H21N5O2. The number of aromatic nitrogens is 4. The van der Waals surface area contributed by atoms with Crippen molar-refractivity contribution in [3.05, 3.63) is 47.4 Å². The molecule has 130 valence electrons.